The number of benzene rings is 1. The molecular formula is C14H18ClN3O. The first kappa shape index (κ1) is 13.7. The third-order valence-electron chi connectivity index (χ3n) is 2.83. The average molecular weight is 280 g/mol. The molecule has 102 valence electrons. The highest BCUT2D eigenvalue weighted by molar-refractivity contribution is 6.30. The average Bonchev–Trinajstić information content (AvgIpc) is 2.85. The van der Waals surface area contributed by atoms with E-state index in [9.17, 15) is 0 Å². The van der Waals surface area contributed by atoms with Gasteiger partial charge in [-0.3, -0.25) is 4.68 Å². The molecule has 1 N–H and O–H groups in total. The van der Waals surface area contributed by atoms with Crippen molar-refractivity contribution in [1.82, 2.24) is 9.78 Å². The molecule has 0 fully saturated rings. The zero-order valence-electron chi connectivity index (χ0n) is 11.4. The molecule has 2 rings (SSSR count). The van der Waals surface area contributed by atoms with Crippen molar-refractivity contribution in [2.45, 2.75) is 26.4 Å². The summed E-state index contributed by atoms with van der Waals surface area (Å²) in [6.07, 6.45) is 3.90. The van der Waals surface area contributed by atoms with E-state index in [0.717, 1.165) is 17.0 Å². The van der Waals surface area contributed by atoms with Crippen LogP contribution in [0.25, 0.3) is 0 Å². The summed E-state index contributed by atoms with van der Waals surface area (Å²) in [4.78, 5) is 0. The lowest BCUT2D eigenvalue weighted by atomic mass is 10.2. The Labute approximate surface area is 118 Å². The molecule has 0 saturated heterocycles. The second-order valence-corrected chi connectivity index (χ2v) is 5.06. The summed E-state index contributed by atoms with van der Waals surface area (Å²) >= 11 is 5.99. The van der Waals surface area contributed by atoms with Crippen molar-refractivity contribution in [3.63, 3.8) is 0 Å². The number of nitrogens with one attached hydrogen (secondary N) is 1. The first-order chi connectivity index (χ1) is 9.10. The first-order valence-corrected chi connectivity index (χ1v) is 6.58. The van der Waals surface area contributed by atoms with Crippen LogP contribution in [0.1, 0.15) is 25.5 Å². The Morgan fingerprint density at radius 3 is 2.84 bits per heavy atom. The van der Waals surface area contributed by atoms with Gasteiger partial charge in [-0.1, -0.05) is 11.6 Å². The lowest BCUT2D eigenvalue weighted by molar-refractivity contribution is 0.416. The molecule has 2 aromatic rings. The van der Waals surface area contributed by atoms with E-state index in [4.69, 9.17) is 16.3 Å². The standard InChI is InChI=1S/C14H18ClN3O/c1-10(2)18-9-11(8-17-18)7-16-13-6-12(15)4-5-14(13)19-3/h4-6,8-10,16H,7H2,1-3H3. The highest BCUT2D eigenvalue weighted by Crippen LogP contribution is 2.28. The smallest absolute Gasteiger partial charge is 0.142 e. The first-order valence-electron chi connectivity index (χ1n) is 6.20. The predicted molar refractivity (Wildman–Crippen MR) is 77.9 cm³/mol. The molecule has 5 heteroatoms. The maximum absolute atomic E-state index is 5.99. The van der Waals surface area contributed by atoms with E-state index < -0.39 is 0 Å². The van der Waals surface area contributed by atoms with Gasteiger partial charge >= 0.3 is 0 Å². The molecule has 1 aromatic heterocycles. The van der Waals surface area contributed by atoms with Gasteiger partial charge in [-0.05, 0) is 32.0 Å². The summed E-state index contributed by atoms with van der Waals surface area (Å²) in [6, 6.07) is 5.88. The Kier molecular flexibility index (Phi) is 4.32. The van der Waals surface area contributed by atoms with Crippen LogP contribution in [0.2, 0.25) is 5.02 Å². The molecule has 0 bridgehead atoms. The number of hydrogen-bond donors (Lipinski definition) is 1. The fourth-order valence-corrected chi connectivity index (χ4v) is 1.94. The van der Waals surface area contributed by atoms with E-state index in [1.165, 1.54) is 0 Å². The molecule has 0 radical (unpaired) electrons. The van der Waals surface area contributed by atoms with E-state index in [1.54, 1.807) is 7.11 Å². The van der Waals surface area contributed by atoms with Gasteiger partial charge in [-0.15, -0.1) is 0 Å². The van der Waals surface area contributed by atoms with Crippen LogP contribution in [0, 0.1) is 0 Å². The maximum atomic E-state index is 5.99. The van der Waals surface area contributed by atoms with Gasteiger partial charge in [-0.25, -0.2) is 0 Å². The fraction of sp³-hybridized carbons (Fsp3) is 0.357. The summed E-state index contributed by atoms with van der Waals surface area (Å²) in [5.41, 5.74) is 2.00. The summed E-state index contributed by atoms with van der Waals surface area (Å²) in [7, 11) is 1.64. The van der Waals surface area contributed by atoms with Gasteiger partial charge in [0.1, 0.15) is 5.75 Å². The molecule has 0 atom stereocenters. The minimum Gasteiger partial charge on any atom is -0.495 e. The lowest BCUT2D eigenvalue weighted by Crippen LogP contribution is -2.02. The minimum atomic E-state index is 0.370. The largest absolute Gasteiger partial charge is 0.495 e. The molecule has 0 saturated carbocycles. The predicted octanol–water partition coefficient (Wildman–Crippen LogP) is 3.74. The Hall–Kier alpha value is -1.68. The van der Waals surface area contributed by atoms with E-state index in [1.807, 2.05) is 35.3 Å². The van der Waals surface area contributed by atoms with Crippen molar-refractivity contribution in [1.29, 1.82) is 0 Å². The number of anilines is 1. The molecule has 0 aliphatic heterocycles. The SMILES string of the molecule is COc1ccc(Cl)cc1NCc1cnn(C(C)C)c1. The second kappa shape index (κ2) is 5.97. The Morgan fingerprint density at radius 1 is 1.42 bits per heavy atom. The van der Waals surface area contributed by atoms with Gasteiger partial charge in [0, 0.05) is 29.4 Å². The molecule has 1 heterocycles. The van der Waals surface area contributed by atoms with Gasteiger partial charge in [0.15, 0.2) is 0 Å². The fourth-order valence-electron chi connectivity index (χ4n) is 1.77. The zero-order valence-corrected chi connectivity index (χ0v) is 12.1. The maximum Gasteiger partial charge on any atom is 0.142 e. The van der Waals surface area contributed by atoms with Gasteiger partial charge < -0.3 is 10.1 Å². The summed E-state index contributed by atoms with van der Waals surface area (Å²) in [5.74, 6) is 0.778. The van der Waals surface area contributed by atoms with Crippen molar-refractivity contribution in [2.24, 2.45) is 0 Å². The van der Waals surface area contributed by atoms with Crippen LogP contribution in [0.5, 0.6) is 5.75 Å². The van der Waals surface area contributed by atoms with Crippen LogP contribution >= 0.6 is 11.6 Å². The lowest BCUT2D eigenvalue weighted by Gasteiger charge is -2.10. The van der Waals surface area contributed by atoms with Crippen molar-refractivity contribution in [3.05, 3.63) is 41.2 Å². The highest BCUT2D eigenvalue weighted by Gasteiger charge is 2.05. The van der Waals surface area contributed by atoms with Crippen LogP contribution in [-0.2, 0) is 6.54 Å². The number of rotatable bonds is 5. The number of nitrogens with zero attached hydrogens (tertiary/aromatic N) is 2. The normalized spacial score (nSPS) is 10.8. The van der Waals surface area contributed by atoms with Crippen molar-refractivity contribution >= 4 is 17.3 Å². The molecule has 4 nitrogen and oxygen atoms in total. The molecule has 0 spiro atoms. The van der Waals surface area contributed by atoms with Gasteiger partial charge in [0.05, 0.1) is 19.0 Å². The third-order valence-corrected chi connectivity index (χ3v) is 3.06. The second-order valence-electron chi connectivity index (χ2n) is 4.62. The number of halogens is 1. The molecule has 0 amide bonds. The summed E-state index contributed by atoms with van der Waals surface area (Å²) in [6.45, 7) is 4.89. The van der Waals surface area contributed by atoms with Gasteiger partial charge in [0.25, 0.3) is 0 Å². The number of hydrogen-bond acceptors (Lipinski definition) is 3. The van der Waals surface area contributed by atoms with Gasteiger partial charge in [-0.2, -0.15) is 5.10 Å². The Balaban J connectivity index is 2.07. The number of aromatic nitrogens is 2. The van der Waals surface area contributed by atoms with Crippen LogP contribution in [-0.4, -0.2) is 16.9 Å². The number of ether oxygens (including phenoxy) is 1. The summed E-state index contributed by atoms with van der Waals surface area (Å²) in [5, 5.41) is 8.30. The van der Waals surface area contributed by atoms with Crippen LogP contribution in [0.4, 0.5) is 5.69 Å². The van der Waals surface area contributed by atoms with E-state index in [-0.39, 0.29) is 0 Å². The number of methoxy groups -OCH3 is 1. The quantitative estimate of drug-likeness (QED) is 0.906. The van der Waals surface area contributed by atoms with E-state index >= 15 is 0 Å². The van der Waals surface area contributed by atoms with E-state index in [2.05, 4.69) is 24.3 Å². The third kappa shape index (κ3) is 3.41. The Bertz CT molecular complexity index is 551. The van der Waals surface area contributed by atoms with Crippen LogP contribution in [0.3, 0.4) is 0 Å². The van der Waals surface area contributed by atoms with Crippen molar-refractivity contribution < 1.29 is 4.74 Å². The topological polar surface area (TPSA) is 39.1 Å². The zero-order chi connectivity index (χ0) is 13.8. The molecule has 0 unspecified atom stereocenters. The minimum absolute atomic E-state index is 0.370. The molecule has 19 heavy (non-hydrogen) atoms. The molecule has 0 aliphatic carbocycles. The van der Waals surface area contributed by atoms with Gasteiger partial charge in [0.2, 0.25) is 0 Å². The molecular weight excluding hydrogens is 262 g/mol. The monoisotopic (exact) mass is 279 g/mol. The van der Waals surface area contributed by atoms with E-state index in [0.29, 0.717) is 17.6 Å². The van der Waals surface area contributed by atoms with Crippen LogP contribution < -0.4 is 10.1 Å². The van der Waals surface area contributed by atoms with Crippen molar-refractivity contribution in [2.75, 3.05) is 12.4 Å². The van der Waals surface area contributed by atoms with Crippen molar-refractivity contribution in [3.8, 4) is 5.75 Å². The summed E-state index contributed by atoms with van der Waals surface area (Å²) < 4.78 is 7.23. The molecule has 0 aliphatic rings. The molecule has 1 aromatic carbocycles. The highest BCUT2D eigenvalue weighted by atomic mass is 35.5. The van der Waals surface area contributed by atoms with Crippen LogP contribution in [0.15, 0.2) is 30.6 Å². The Morgan fingerprint density at radius 2 is 2.21 bits per heavy atom.